The molecule has 0 aliphatic carbocycles. The van der Waals surface area contributed by atoms with Crippen LogP contribution in [0.5, 0.6) is 0 Å². The molecule has 0 saturated carbocycles. The van der Waals surface area contributed by atoms with Crippen LogP contribution >= 0.6 is 11.6 Å². The topological polar surface area (TPSA) is 82.3 Å². The van der Waals surface area contributed by atoms with E-state index in [0.717, 1.165) is 19.4 Å². The molecule has 1 aromatic rings. The highest BCUT2D eigenvalue weighted by atomic mass is 35.5. The van der Waals surface area contributed by atoms with Crippen molar-refractivity contribution < 1.29 is 14.5 Å². The number of aromatic nitrogens is 1. The number of ether oxygens (including phenoxy) is 1. The molecular weight excluding hydrogens is 212 g/mol. The van der Waals surface area contributed by atoms with Gasteiger partial charge in [-0.2, -0.15) is 0 Å². The number of rotatable bonds is 2. The van der Waals surface area contributed by atoms with Crippen molar-refractivity contribution in [2.75, 3.05) is 7.11 Å². The van der Waals surface area contributed by atoms with Gasteiger partial charge in [0, 0.05) is 12.3 Å². The minimum absolute atomic E-state index is 0.244. The average Bonchev–Trinajstić information content (AvgIpc) is 2.16. The van der Waals surface area contributed by atoms with Crippen LogP contribution in [0.1, 0.15) is 10.4 Å². The van der Waals surface area contributed by atoms with Gasteiger partial charge in [0.25, 0.3) is 5.69 Å². The number of halogens is 1. The number of nitro groups is 1. The number of hydrogen-bond donors (Lipinski definition) is 0. The second-order valence-electron chi connectivity index (χ2n) is 2.24. The summed E-state index contributed by atoms with van der Waals surface area (Å²) in [5.74, 6) is -0.880. The lowest BCUT2D eigenvalue weighted by molar-refractivity contribution is -0.385. The van der Waals surface area contributed by atoms with Crippen molar-refractivity contribution in [2.45, 2.75) is 0 Å². The summed E-state index contributed by atoms with van der Waals surface area (Å²) >= 11 is 5.53. The van der Waals surface area contributed by atoms with E-state index in [4.69, 9.17) is 11.6 Å². The normalized spacial score (nSPS) is 9.57. The molecule has 0 amide bonds. The highest BCUT2D eigenvalue weighted by Gasteiger charge is 2.24. The zero-order valence-corrected chi connectivity index (χ0v) is 7.82. The zero-order chi connectivity index (χ0) is 10.7. The molecule has 0 saturated heterocycles. The van der Waals surface area contributed by atoms with Crippen molar-refractivity contribution >= 4 is 23.3 Å². The molecular formula is C7H5ClN2O4. The highest BCUT2D eigenvalue weighted by molar-refractivity contribution is 6.32. The average molecular weight is 217 g/mol. The van der Waals surface area contributed by atoms with E-state index in [2.05, 4.69) is 9.72 Å². The fourth-order valence-corrected chi connectivity index (χ4v) is 1.10. The van der Waals surface area contributed by atoms with Crippen molar-refractivity contribution in [1.29, 1.82) is 0 Å². The number of carbonyl (C=O) groups is 1. The molecule has 7 heteroatoms. The Morgan fingerprint density at radius 1 is 1.71 bits per heavy atom. The first-order valence-electron chi connectivity index (χ1n) is 3.45. The standard InChI is InChI=1S/C7H5ClN2O4/c1-14-7(11)5-4(10(12)13)2-3-9-6(5)8/h2-3H,1H3. The van der Waals surface area contributed by atoms with E-state index >= 15 is 0 Å². The molecule has 1 heterocycles. The summed E-state index contributed by atoms with van der Waals surface area (Å²) in [7, 11) is 1.11. The Hall–Kier alpha value is -1.69. The first kappa shape index (κ1) is 10.4. The molecule has 74 valence electrons. The van der Waals surface area contributed by atoms with E-state index in [1.54, 1.807) is 0 Å². The van der Waals surface area contributed by atoms with Crippen LogP contribution in [-0.2, 0) is 4.74 Å². The second kappa shape index (κ2) is 4.01. The molecule has 14 heavy (non-hydrogen) atoms. The lowest BCUT2D eigenvalue weighted by Gasteiger charge is -2.01. The van der Waals surface area contributed by atoms with Crippen LogP contribution in [0.25, 0.3) is 0 Å². The van der Waals surface area contributed by atoms with Crippen LogP contribution in [0.2, 0.25) is 5.15 Å². The Labute approximate surface area is 83.6 Å². The second-order valence-corrected chi connectivity index (χ2v) is 2.60. The predicted molar refractivity (Wildman–Crippen MR) is 47.2 cm³/mol. The molecule has 0 N–H and O–H groups in total. The largest absolute Gasteiger partial charge is 0.465 e. The van der Waals surface area contributed by atoms with Crippen LogP contribution in [0.3, 0.4) is 0 Å². The maximum absolute atomic E-state index is 11.1. The molecule has 0 fully saturated rings. The van der Waals surface area contributed by atoms with Gasteiger partial charge < -0.3 is 4.74 Å². The number of nitrogens with zero attached hydrogens (tertiary/aromatic N) is 2. The van der Waals surface area contributed by atoms with E-state index in [0.29, 0.717) is 0 Å². The molecule has 0 aliphatic heterocycles. The van der Waals surface area contributed by atoms with Crippen LogP contribution < -0.4 is 0 Å². The molecule has 0 radical (unpaired) electrons. The van der Waals surface area contributed by atoms with Gasteiger partial charge in [-0.05, 0) is 0 Å². The van der Waals surface area contributed by atoms with Gasteiger partial charge in [0.15, 0.2) is 10.7 Å². The van der Waals surface area contributed by atoms with E-state index in [1.807, 2.05) is 0 Å². The fraction of sp³-hybridized carbons (Fsp3) is 0.143. The van der Waals surface area contributed by atoms with Gasteiger partial charge in [0.05, 0.1) is 12.0 Å². The summed E-state index contributed by atoms with van der Waals surface area (Å²) in [5.41, 5.74) is -0.751. The Balaban J connectivity index is 3.36. The van der Waals surface area contributed by atoms with Crippen molar-refractivity contribution in [3.63, 3.8) is 0 Å². The van der Waals surface area contributed by atoms with Crippen molar-refractivity contribution in [1.82, 2.24) is 4.98 Å². The smallest absolute Gasteiger partial charge is 0.348 e. The molecule has 0 unspecified atom stereocenters. The molecule has 0 atom stereocenters. The Morgan fingerprint density at radius 3 is 2.86 bits per heavy atom. The molecule has 0 spiro atoms. The summed E-state index contributed by atoms with van der Waals surface area (Å²) < 4.78 is 4.34. The fourth-order valence-electron chi connectivity index (χ4n) is 0.870. The van der Waals surface area contributed by atoms with Gasteiger partial charge in [0.2, 0.25) is 0 Å². The summed E-state index contributed by atoms with van der Waals surface area (Å²) in [6, 6.07) is 1.08. The Morgan fingerprint density at radius 2 is 2.36 bits per heavy atom. The van der Waals surface area contributed by atoms with E-state index < -0.39 is 16.6 Å². The van der Waals surface area contributed by atoms with Gasteiger partial charge in [0.1, 0.15) is 0 Å². The third-order valence-corrected chi connectivity index (χ3v) is 1.76. The third kappa shape index (κ3) is 1.80. The SMILES string of the molecule is COC(=O)c1c([N+](=O)[O-])ccnc1Cl. The number of hydrogen-bond acceptors (Lipinski definition) is 5. The molecule has 1 rings (SSSR count). The van der Waals surface area contributed by atoms with Crippen molar-refractivity contribution in [3.8, 4) is 0 Å². The number of esters is 1. The monoisotopic (exact) mass is 216 g/mol. The van der Waals surface area contributed by atoms with Crippen LogP contribution in [0.15, 0.2) is 12.3 Å². The molecule has 0 bridgehead atoms. The number of methoxy groups -OCH3 is 1. The van der Waals surface area contributed by atoms with Crippen molar-refractivity contribution in [2.24, 2.45) is 0 Å². The van der Waals surface area contributed by atoms with Crippen LogP contribution in [0.4, 0.5) is 5.69 Å². The Bertz CT molecular complexity index is 393. The lowest BCUT2D eigenvalue weighted by atomic mass is 10.2. The van der Waals surface area contributed by atoms with Gasteiger partial charge in [-0.3, -0.25) is 10.1 Å². The first-order chi connectivity index (χ1) is 6.57. The van der Waals surface area contributed by atoms with Gasteiger partial charge in [-0.25, -0.2) is 9.78 Å². The summed E-state index contributed by atoms with van der Waals surface area (Å²) in [5, 5.41) is 10.3. The highest BCUT2D eigenvalue weighted by Crippen LogP contribution is 2.24. The van der Waals surface area contributed by atoms with E-state index in [9.17, 15) is 14.9 Å². The minimum atomic E-state index is -0.880. The van der Waals surface area contributed by atoms with Gasteiger partial charge >= 0.3 is 5.97 Å². The maximum atomic E-state index is 11.1. The lowest BCUT2D eigenvalue weighted by Crippen LogP contribution is -2.07. The van der Waals surface area contributed by atoms with Crippen molar-refractivity contribution in [3.05, 3.63) is 33.1 Å². The van der Waals surface area contributed by atoms with Gasteiger partial charge in [-0.1, -0.05) is 11.6 Å². The maximum Gasteiger partial charge on any atom is 0.348 e. The van der Waals surface area contributed by atoms with Gasteiger partial charge in [-0.15, -0.1) is 0 Å². The predicted octanol–water partition coefficient (Wildman–Crippen LogP) is 1.43. The third-order valence-electron chi connectivity index (χ3n) is 1.47. The first-order valence-corrected chi connectivity index (χ1v) is 3.83. The molecule has 1 aromatic heterocycles. The molecule has 6 nitrogen and oxygen atoms in total. The summed E-state index contributed by atoms with van der Waals surface area (Å²) in [6.45, 7) is 0. The van der Waals surface area contributed by atoms with E-state index in [-0.39, 0.29) is 10.7 Å². The van der Waals surface area contributed by atoms with E-state index in [1.165, 1.54) is 0 Å². The molecule has 0 aliphatic rings. The minimum Gasteiger partial charge on any atom is -0.465 e. The number of pyridine rings is 1. The zero-order valence-electron chi connectivity index (χ0n) is 7.06. The molecule has 0 aromatic carbocycles. The van der Waals surface area contributed by atoms with Crippen LogP contribution in [-0.4, -0.2) is 23.0 Å². The summed E-state index contributed by atoms with van der Waals surface area (Å²) in [6.07, 6.45) is 1.15. The quantitative estimate of drug-likeness (QED) is 0.323. The van der Waals surface area contributed by atoms with Crippen LogP contribution in [0, 0.1) is 10.1 Å². The Kier molecular flexibility index (Phi) is 2.98. The summed E-state index contributed by atoms with van der Waals surface area (Å²) in [4.78, 5) is 24.4. The number of carbonyl (C=O) groups excluding carboxylic acids is 1.